The molecule has 2 unspecified atom stereocenters. The van der Waals surface area contributed by atoms with Crippen LogP contribution < -0.4 is 4.90 Å². The Labute approximate surface area is 146 Å². The summed E-state index contributed by atoms with van der Waals surface area (Å²) in [7, 11) is 0. The highest BCUT2D eigenvalue weighted by molar-refractivity contribution is 5.50. The van der Waals surface area contributed by atoms with Crippen LogP contribution in [0.5, 0.6) is 0 Å². The molecule has 2 saturated heterocycles. The molecule has 0 bridgehead atoms. The summed E-state index contributed by atoms with van der Waals surface area (Å²) in [6.45, 7) is 2.58. The van der Waals surface area contributed by atoms with Crippen LogP contribution in [0.2, 0.25) is 0 Å². The van der Waals surface area contributed by atoms with E-state index in [1.807, 2.05) is 0 Å². The van der Waals surface area contributed by atoms with Crippen LogP contribution in [0.25, 0.3) is 0 Å². The molecule has 0 aromatic carbocycles. The van der Waals surface area contributed by atoms with Crippen molar-refractivity contribution in [1.29, 1.82) is 5.26 Å². The predicted octanol–water partition coefficient (Wildman–Crippen LogP) is 0.843. The first-order chi connectivity index (χ1) is 12.3. The lowest BCUT2D eigenvalue weighted by Crippen LogP contribution is -2.52. The third-order valence-electron chi connectivity index (χ3n) is 4.70. The number of aromatic nitrogens is 4. The van der Waals surface area contributed by atoms with E-state index in [4.69, 9.17) is 0 Å². The Kier molecular flexibility index (Phi) is 4.24. The summed E-state index contributed by atoms with van der Waals surface area (Å²) in [5.74, 6) is 7.68. The molecular weight excluding hydrogens is 314 g/mol. The van der Waals surface area contributed by atoms with Gasteiger partial charge in [-0.25, -0.2) is 19.9 Å². The zero-order valence-corrected chi connectivity index (χ0v) is 13.7. The quantitative estimate of drug-likeness (QED) is 0.716. The molecule has 2 atom stereocenters. The fourth-order valence-corrected chi connectivity index (χ4v) is 3.55. The van der Waals surface area contributed by atoms with Gasteiger partial charge in [-0.2, -0.15) is 5.26 Å². The summed E-state index contributed by atoms with van der Waals surface area (Å²) in [4.78, 5) is 21.4. The van der Waals surface area contributed by atoms with Gasteiger partial charge in [0.2, 0.25) is 5.82 Å². The molecule has 0 saturated carbocycles. The van der Waals surface area contributed by atoms with Gasteiger partial charge in [-0.15, -0.1) is 0 Å². The third kappa shape index (κ3) is 3.15. The molecule has 2 aliphatic rings. The summed E-state index contributed by atoms with van der Waals surface area (Å²) in [5.41, 5.74) is 0.395. The topological polar surface area (TPSA) is 81.8 Å². The Morgan fingerprint density at radius 1 is 1.00 bits per heavy atom. The minimum Gasteiger partial charge on any atom is -0.351 e. The second kappa shape index (κ2) is 6.84. The first-order valence-corrected chi connectivity index (χ1v) is 8.35. The molecule has 124 valence electrons. The minimum absolute atomic E-state index is 0.244. The molecule has 0 amide bonds. The van der Waals surface area contributed by atoms with Crippen LogP contribution >= 0.6 is 0 Å². The van der Waals surface area contributed by atoms with E-state index in [1.54, 1.807) is 30.9 Å². The summed E-state index contributed by atoms with van der Waals surface area (Å²) in [6, 6.07) is 4.60. The van der Waals surface area contributed by atoms with Gasteiger partial charge in [-0.1, -0.05) is 5.92 Å². The third-order valence-corrected chi connectivity index (χ3v) is 4.70. The van der Waals surface area contributed by atoms with Crippen molar-refractivity contribution in [2.75, 3.05) is 24.5 Å². The van der Waals surface area contributed by atoms with Gasteiger partial charge in [0, 0.05) is 50.5 Å². The van der Waals surface area contributed by atoms with Gasteiger partial charge in [0.15, 0.2) is 11.5 Å². The highest BCUT2D eigenvalue weighted by Crippen LogP contribution is 2.29. The van der Waals surface area contributed by atoms with Crippen LogP contribution in [0.3, 0.4) is 0 Å². The molecule has 0 aliphatic carbocycles. The number of rotatable bonds is 1. The minimum atomic E-state index is 0.244. The van der Waals surface area contributed by atoms with Crippen molar-refractivity contribution < 1.29 is 0 Å². The number of fused-ring (bicyclic) bond motifs is 1. The van der Waals surface area contributed by atoms with E-state index in [2.05, 4.69) is 47.6 Å². The van der Waals surface area contributed by atoms with Crippen molar-refractivity contribution in [1.82, 2.24) is 24.8 Å². The molecule has 2 fully saturated rings. The normalized spacial score (nSPS) is 22.6. The number of hydrogen-bond acceptors (Lipinski definition) is 7. The van der Waals surface area contributed by atoms with Crippen molar-refractivity contribution in [2.45, 2.75) is 24.9 Å². The monoisotopic (exact) mass is 331 g/mol. The first-order valence-electron chi connectivity index (χ1n) is 8.35. The van der Waals surface area contributed by atoms with Crippen LogP contribution in [-0.4, -0.2) is 56.6 Å². The number of nitrogens with zero attached hydrogens (tertiary/aromatic N) is 7. The highest BCUT2D eigenvalue weighted by atomic mass is 15.3. The van der Waals surface area contributed by atoms with Gasteiger partial charge in [0.1, 0.15) is 6.07 Å². The van der Waals surface area contributed by atoms with Gasteiger partial charge in [-0.3, -0.25) is 4.90 Å². The average Bonchev–Trinajstić information content (AvgIpc) is 3.09. The van der Waals surface area contributed by atoms with Crippen LogP contribution in [0.4, 0.5) is 5.82 Å². The van der Waals surface area contributed by atoms with E-state index in [0.717, 1.165) is 32.5 Å². The van der Waals surface area contributed by atoms with Gasteiger partial charge >= 0.3 is 0 Å². The van der Waals surface area contributed by atoms with Crippen molar-refractivity contribution in [3.63, 3.8) is 0 Å². The summed E-state index contributed by atoms with van der Waals surface area (Å²) in [5, 5.41) is 9.24. The zero-order valence-electron chi connectivity index (χ0n) is 13.7. The molecule has 0 N–H and O–H groups in total. The fourth-order valence-electron chi connectivity index (χ4n) is 3.55. The van der Waals surface area contributed by atoms with Crippen LogP contribution in [0.1, 0.15) is 24.4 Å². The second-order valence-corrected chi connectivity index (χ2v) is 6.11. The van der Waals surface area contributed by atoms with E-state index in [1.165, 1.54) is 0 Å². The SMILES string of the molecule is N#Cc1nccnc1N1CCN2C(C#Cc3ncccn3)CCC2C1. The average molecular weight is 331 g/mol. The van der Waals surface area contributed by atoms with E-state index in [-0.39, 0.29) is 6.04 Å². The van der Waals surface area contributed by atoms with Gasteiger partial charge in [0.25, 0.3) is 0 Å². The molecule has 0 spiro atoms. The lowest BCUT2D eigenvalue weighted by Gasteiger charge is -2.39. The molecule has 2 aromatic rings. The Balaban J connectivity index is 1.47. The lowest BCUT2D eigenvalue weighted by molar-refractivity contribution is 0.202. The molecule has 7 nitrogen and oxygen atoms in total. The van der Waals surface area contributed by atoms with Gasteiger partial charge in [0.05, 0.1) is 6.04 Å². The summed E-state index contributed by atoms with van der Waals surface area (Å²) >= 11 is 0. The number of anilines is 1. The second-order valence-electron chi connectivity index (χ2n) is 6.11. The molecule has 4 rings (SSSR count). The lowest BCUT2D eigenvalue weighted by atomic mass is 10.1. The maximum atomic E-state index is 9.24. The molecular formula is C18H17N7. The number of piperazine rings is 1. The van der Waals surface area contributed by atoms with Crippen LogP contribution in [0.15, 0.2) is 30.9 Å². The number of hydrogen-bond donors (Lipinski definition) is 0. The van der Waals surface area contributed by atoms with E-state index < -0.39 is 0 Å². The fraction of sp³-hybridized carbons (Fsp3) is 0.389. The molecule has 0 radical (unpaired) electrons. The van der Waals surface area contributed by atoms with Crippen LogP contribution in [-0.2, 0) is 0 Å². The Bertz CT molecular complexity index is 849. The largest absolute Gasteiger partial charge is 0.351 e. The Morgan fingerprint density at radius 2 is 1.84 bits per heavy atom. The van der Waals surface area contributed by atoms with Crippen molar-refractivity contribution in [2.24, 2.45) is 0 Å². The Morgan fingerprint density at radius 3 is 2.68 bits per heavy atom. The molecule has 4 heterocycles. The highest BCUT2D eigenvalue weighted by Gasteiger charge is 2.37. The van der Waals surface area contributed by atoms with Gasteiger partial charge in [-0.05, 0) is 24.8 Å². The van der Waals surface area contributed by atoms with Gasteiger partial charge < -0.3 is 4.90 Å². The predicted molar refractivity (Wildman–Crippen MR) is 91.4 cm³/mol. The molecule has 2 aromatic heterocycles. The summed E-state index contributed by atoms with van der Waals surface area (Å²) in [6.07, 6.45) is 8.76. The first kappa shape index (κ1) is 15.5. The number of nitriles is 1. The molecule has 2 aliphatic heterocycles. The zero-order chi connectivity index (χ0) is 17.1. The standard InChI is InChI=1S/C18H17N7/c19-12-16-18(23-9-8-20-16)24-10-11-25-14(2-3-15(25)13-24)4-5-17-21-6-1-7-22-17/h1,6-9,14-15H,2-3,10-11,13H2. The van der Waals surface area contributed by atoms with E-state index in [0.29, 0.717) is 23.4 Å². The van der Waals surface area contributed by atoms with Crippen LogP contribution in [0, 0.1) is 23.2 Å². The van der Waals surface area contributed by atoms with Crippen molar-refractivity contribution in [3.05, 3.63) is 42.4 Å². The van der Waals surface area contributed by atoms with E-state index >= 15 is 0 Å². The Hall–Kier alpha value is -3.03. The van der Waals surface area contributed by atoms with Crippen molar-refractivity contribution in [3.8, 4) is 17.9 Å². The maximum Gasteiger partial charge on any atom is 0.204 e. The van der Waals surface area contributed by atoms with E-state index in [9.17, 15) is 5.26 Å². The smallest absolute Gasteiger partial charge is 0.204 e. The maximum absolute atomic E-state index is 9.24. The molecule has 7 heteroatoms. The molecule has 25 heavy (non-hydrogen) atoms. The summed E-state index contributed by atoms with van der Waals surface area (Å²) < 4.78 is 0. The van der Waals surface area contributed by atoms with Crippen molar-refractivity contribution >= 4 is 5.82 Å².